The second kappa shape index (κ2) is 7.73. The van der Waals surface area contributed by atoms with Gasteiger partial charge in [0, 0.05) is 17.1 Å². The zero-order chi connectivity index (χ0) is 19.5. The van der Waals surface area contributed by atoms with Crippen LogP contribution in [0.4, 0.5) is 16.2 Å². The van der Waals surface area contributed by atoms with E-state index in [0.717, 1.165) is 4.68 Å². The maximum Gasteiger partial charge on any atom is 0.435 e. The molecule has 2 rings (SSSR count). The number of hydrogen-bond acceptors (Lipinski definition) is 7. The minimum absolute atomic E-state index is 0.0228. The number of nitro groups is 1. The van der Waals surface area contributed by atoms with E-state index in [4.69, 9.17) is 9.47 Å². The molecule has 0 atom stereocenters. The van der Waals surface area contributed by atoms with E-state index in [9.17, 15) is 14.9 Å². The van der Waals surface area contributed by atoms with Gasteiger partial charge >= 0.3 is 6.09 Å². The van der Waals surface area contributed by atoms with E-state index in [-0.39, 0.29) is 18.1 Å². The summed E-state index contributed by atoms with van der Waals surface area (Å²) in [7, 11) is 1.41. The van der Waals surface area contributed by atoms with Crippen LogP contribution in [-0.4, -0.2) is 33.5 Å². The van der Waals surface area contributed by atoms with E-state index in [1.807, 2.05) is 0 Å². The quantitative estimate of drug-likeness (QED) is 0.568. The maximum absolute atomic E-state index is 12.1. The van der Waals surface area contributed by atoms with Crippen LogP contribution in [0.15, 0.2) is 28.9 Å². The molecular formula is C16H19BrN4O5. The third-order valence-electron chi connectivity index (χ3n) is 3.20. The molecule has 0 bridgehead atoms. The average Bonchev–Trinajstić information content (AvgIpc) is 2.95. The van der Waals surface area contributed by atoms with Gasteiger partial charge in [-0.2, -0.15) is 4.68 Å². The SMILES string of the molecule is COc1nn(C(=O)OC(C)(C)C)cc1NCc1c(Br)cccc1[N+](=O)[O-]. The summed E-state index contributed by atoms with van der Waals surface area (Å²) in [6, 6.07) is 4.72. The summed E-state index contributed by atoms with van der Waals surface area (Å²) in [5.41, 5.74) is 0.178. The fraction of sp³-hybridized carbons (Fsp3) is 0.375. The number of rotatable bonds is 5. The molecule has 0 spiro atoms. The number of aromatic nitrogens is 2. The fourth-order valence-corrected chi connectivity index (χ4v) is 2.61. The molecule has 1 aromatic carbocycles. The molecule has 1 N–H and O–H groups in total. The molecule has 0 saturated carbocycles. The first-order valence-electron chi connectivity index (χ1n) is 7.65. The lowest BCUT2D eigenvalue weighted by atomic mass is 10.2. The first-order valence-corrected chi connectivity index (χ1v) is 8.44. The molecule has 0 aliphatic carbocycles. The van der Waals surface area contributed by atoms with Crippen LogP contribution in [0, 0.1) is 10.1 Å². The van der Waals surface area contributed by atoms with Crippen molar-refractivity contribution in [3.05, 3.63) is 44.5 Å². The van der Waals surface area contributed by atoms with Gasteiger partial charge < -0.3 is 14.8 Å². The molecular weight excluding hydrogens is 408 g/mol. The Morgan fingerprint density at radius 1 is 1.42 bits per heavy atom. The highest BCUT2D eigenvalue weighted by Gasteiger charge is 2.22. The summed E-state index contributed by atoms with van der Waals surface area (Å²) in [6.07, 6.45) is 0.756. The van der Waals surface area contributed by atoms with Crippen molar-refractivity contribution < 1.29 is 19.2 Å². The third kappa shape index (κ3) is 4.72. The van der Waals surface area contributed by atoms with Crippen molar-refractivity contribution in [3.63, 3.8) is 0 Å². The molecule has 1 heterocycles. The second-order valence-corrected chi connectivity index (χ2v) is 7.18. The molecule has 26 heavy (non-hydrogen) atoms. The van der Waals surface area contributed by atoms with Crippen LogP contribution >= 0.6 is 15.9 Å². The summed E-state index contributed by atoms with van der Waals surface area (Å²) in [6.45, 7) is 5.37. The number of methoxy groups -OCH3 is 1. The summed E-state index contributed by atoms with van der Waals surface area (Å²) in [4.78, 5) is 22.8. The van der Waals surface area contributed by atoms with Crippen molar-refractivity contribution in [3.8, 4) is 5.88 Å². The number of hydrogen-bond donors (Lipinski definition) is 1. The number of benzene rings is 1. The van der Waals surface area contributed by atoms with Gasteiger partial charge in [-0.1, -0.05) is 22.0 Å². The van der Waals surface area contributed by atoms with Gasteiger partial charge in [0.15, 0.2) is 0 Å². The van der Waals surface area contributed by atoms with E-state index in [1.165, 1.54) is 19.4 Å². The van der Waals surface area contributed by atoms with Gasteiger partial charge in [0.25, 0.3) is 11.6 Å². The number of nitrogens with one attached hydrogen (secondary N) is 1. The van der Waals surface area contributed by atoms with Crippen LogP contribution in [0.25, 0.3) is 0 Å². The highest BCUT2D eigenvalue weighted by Crippen LogP contribution is 2.29. The van der Waals surface area contributed by atoms with Crippen LogP contribution in [0.1, 0.15) is 26.3 Å². The van der Waals surface area contributed by atoms with E-state index < -0.39 is 16.6 Å². The smallest absolute Gasteiger partial charge is 0.435 e. The number of ether oxygens (including phenoxy) is 2. The molecule has 0 aliphatic heterocycles. The minimum Gasteiger partial charge on any atom is -0.478 e. The van der Waals surface area contributed by atoms with Crippen LogP contribution in [0.3, 0.4) is 0 Å². The van der Waals surface area contributed by atoms with E-state index in [2.05, 4.69) is 26.3 Å². The fourth-order valence-electron chi connectivity index (χ4n) is 2.11. The molecule has 0 saturated heterocycles. The number of anilines is 1. The van der Waals surface area contributed by atoms with Crippen LogP contribution in [0.5, 0.6) is 5.88 Å². The number of nitrogens with zero attached hydrogens (tertiary/aromatic N) is 3. The Morgan fingerprint density at radius 2 is 2.12 bits per heavy atom. The lowest BCUT2D eigenvalue weighted by Gasteiger charge is -2.18. The topological polar surface area (TPSA) is 109 Å². The van der Waals surface area contributed by atoms with Crippen molar-refractivity contribution in [2.75, 3.05) is 12.4 Å². The summed E-state index contributed by atoms with van der Waals surface area (Å²) < 4.78 is 12.0. The number of nitro benzene ring substituents is 1. The summed E-state index contributed by atoms with van der Waals surface area (Å²) in [5, 5.41) is 18.2. The Kier molecular flexibility index (Phi) is 5.86. The molecule has 0 radical (unpaired) electrons. The molecule has 140 valence electrons. The molecule has 9 nitrogen and oxygen atoms in total. The Balaban J connectivity index is 2.23. The maximum atomic E-state index is 12.1. The third-order valence-corrected chi connectivity index (χ3v) is 3.94. The van der Waals surface area contributed by atoms with E-state index in [0.29, 0.717) is 15.7 Å². The van der Waals surface area contributed by atoms with Crippen molar-refractivity contribution in [2.45, 2.75) is 32.9 Å². The zero-order valence-corrected chi connectivity index (χ0v) is 16.4. The Labute approximate surface area is 158 Å². The van der Waals surface area contributed by atoms with E-state index in [1.54, 1.807) is 32.9 Å². The molecule has 10 heteroatoms. The van der Waals surface area contributed by atoms with Crippen LogP contribution < -0.4 is 10.1 Å². The first kappa shape index (κ1) is 19.7. The first-order chi connectivity index (χ1) is 12.1. The van der Waals surface area contributed by atoms with Crippen molar-refractivity contribution in [1.29, 1.82) is 0 Å². The monoisotopic (exact) mass is 426 g/mol. The Hall–Kier alpha value is -2.62. The standard InChI is InChI=1S/C16H19BrN4O5/c1-16(2,3)26-15(22)20-9-12(14(19-20)25-4)18-8-10-11(17)6-5-7-13(10)21(23)24/h5-7,9,18H,8H2,1-4H3. The molecule has 0 fully saturated rings. The van der Waals surface area contributed by atoms with Gasteiger partial charge in [-0.05, 0) is 26.8 Å². The summed E-state index contributed by atoms with van der Waals surface area (Å²) >= 11 is 3.32. The van der Waals surface area contributed by atoms with Crippen LogP contribution in [-0.2, 0) is 11.3 Å². The molecule has 2 aromatic rings. The molecule has 0 unspecified atom stereocenters. The van der Waals surface area contributed by atoms with Gasteiger partial charge in [0.1, 0.15) is 11.3 Å². The van der Waals surface area contributed by atoms with E-state index >= 15 is 0 Å². The number of carbonyl (C=O) groups is 1. The number of halogens is 1. The number of carbonyl (C=O) groups excluding carboxylic acids is 1. The second-order valence-electron chi connectivity index (χ2n) is 6.33. The van der Waals surface area contributed by atoms with Gasteiger partial charge in [0.2, 0.25) is 0 Å². The Morgan fingerprint density at radius 3 is 2.69 bits per heavy atom. The van der Waals surface area contributed by atoms with Crippen molar-refractivity contribution in [1.82, 2.24) is 9.78 Å². The molecule has 0 amide bonds. The predicted octanol–water partition coefficient (Wildman–Crippen LogP) is 3.96. The van der Waals surface area contributed by atoms with Gasteiger partial charge in [0.05, 0.1) is 23.8 Å². The molecule has 0 aliphatic rings. The largest absolute Gasteiger partial charge is 0.478 e. The minimum atomic E-state index is -0.667. The lowest BCUT2D eigenvalue weighted by Crippen LogP contribution is -2.27. The van der Waals surface area contributed by atoms with Gasteiger partial charge in [-0.25, -0.2) is 4.79 Å². The van der Waals surface area contributed by atoms with Crippen molar-refractivity contribution in [2.24, 2.45) is 0 Å². The zero-order valence-electron chi connectivity index (χ0n) is 14.8. The average molecular weight is 427 g/mol. The lowest BCUT2D eigenvalue weighted by molar-refractivity contribution is -0.385. The summed E-state index contributed by atoms with van der Waals surface area (Å²) in [5.74, 6) is 0.172. The molecule has 1 aromatic heterocycles. The van der Waals surface area contributed by atoms with Gasteiger partial charge in [-0.15, -0.1) is 5.10 Å². The Bertz CT molecular complexity index is 829. The van der Waals surface area contributed by atoms with Gasteiger partial charge in [-0.3, -0.25) is 10.1 Å². The normalized spacial score (nSPS) is 11.1. The van der Waals surface area contributed by atoms with Crippen molar-refractivity contribution >= 4 is 33.4 Å². The van der Waals surface area contributed by atoms with Crippen LogP contribution in [0.2, 0.25) is 0 Å². The highest BCUT2D eigenvalue weighted by molar-refractivity contribution is 9.10. The highest BCUT2D eigenvalue weighted by atomic mass is 79.9. The predicted molar refractivity (Wildman–Crippen MR) is 98.5 cm³/mol.